The van der Waals surface area contributed by atoms with Gasteiger partial charge in [0.1, 0.15) is 5.69 Å². The second-order valence-electron chi connectivity index (χ2n) is 7.15. The highest BCUT2D eigenvalue weighted by atomic mass is 16.2. The number of carbonyl (C=O) groups is 1. The van der Waals surface area contributed by atoms with E-state index in [1.807, 2.05) is 19.1 Å². The molecule has 0 spiro atoms. The smallest absolute Gasteiger partial charge is 0.272 e. The van der Waals surface area contributed by atoms with Crippen molar-refractivity contribution in [1.29, 1.82) is 0 Å². The zero-order valence-corrected chi connectivity index (χ0v) is 16.4. The van der Waals surface area contributed by atoms with Crippen LogP contribution in [0.25, 0.3) is 10.9 Å². The first-order valence-electron chi connectivity index (χ1n) is 9.49. The quantitative estimate of drug-likeness (QED) is 0.611. The van der Waals surface area contributed by atoms with Crippen LogP contribution in [-0.2, 0) is 13.0 Å². The average Bonchev–Trinajstić information content (AvgIpc) is 2.93. The molecule has 0 atom stereocenters. The summed E-state index contributed by atoms with van der Waals surface area (Å²) in [4.78, 5) is 13.0. The number of nitrogens with one attached hydrogen (secondary N) is 1. The number of aromatic nitrogens is 1. The van der Waals surface area contributed by atoms with Crippen molar-refractivity contribution in [3.8, 4) is 0 Å². The first-order chi connectivity index (χ1) is 12.5. The summed E-state index contributed by atoms with van der Waals surface area (Å²) >= 11 is 0. The molecule has 0 aliphatic heterocycles. The summed E-state index contributed by atoms with van der Waals surface area (Å²) in [7, 11) is 0. The summed E-state index contributed by atoms with van der Waals surface area (Å²) in [6, 6.07) is 14.6. The van der Waals surface area contributed by atoms with Crippen molar-refractivity contribution in [3.05, 3.63) is 64.8 Å². The van der Waals surface area contributed by atoms with Crippen LogP contribution in [0, 0.1) is 6.92 Å². The van der Waals surface area contributed by atoms with E-state index < -0.39 is 0 Å². The number of fused-ring (bicyclic) bond motifs is 1. The summed E-state index contributed by atoms with van der Waals surface area (Å²) in [5.74, 6) is 0.438. The predicted molar refractivity (Wildman–Crippen MR) is 110 cm³/mol. The van der Waals surface area contributed by atoms with Gasteiger partial charge in [-0.25, -0.2) is 0 Å². The first-order valence-corrected chi connectivity index (χ1v) is 9.49. The van der Waals surface area contributed by atoms with Gasteiger partial charge in [-0.05, 0) is 67.1 Å². The van der Waals surface area contributed by atoms with Gasteiger partial charge in [0.15, 0.2) is 0 Å². The molecule has 0 unspecified atom stereocenters. The summed E-state index contributed by atoms with van der Waals surface area (Å²) < 4.78 is 2.11. The van der Waals surface area contributed by atoms with E-state index in [1.54, 1.807) is 0 Å². The molecule has 1 heterocycles. The molecule has 0 radical (unpaired) electrons. The fourth-order valence-corrected chi connectivity index (χ4v) is 3.55. The van der Waals surface area contributed by atoms with Crippen LogP contribution in [0.5, 0.6) is 0 Å². The molecule has 3 aromatic rings. The van der Waals surface area contributed by atoms with E-state index in [0.717, 1.165) is 35.4 Å². The lowest BCUT2D eigenvalue weighted by atomic mass is 10.0. The third-order valence-electron chi connectivity index (χ3n) is 5.16. The van der Waals surface area contributed by atoms with Crippen molar-refractivity contribution in [2.45, 2.75) is 53.5 Å². The lowest BCUT2D eigenvalue weighted by Gasteiger charge is -2.11. The van der Waals surface area contributed by atoms with Crippen LogP contribution in [-0.4, -0.2) is 10.5 Å². The number of hydrogen-bond donors (Lipinski definition) is 1. The topological polar surface area (TPSA) is 34.0 Å². The Bertz CT molecular complexity index is 933. The standard InChI is InChI=1S/C23H28N2O/c1-6-17-8-13-21-20(14-17)16(5)22(25(21)7-2)23(26)24-19-11-9-18(10-12-19)15(3)4/h8-15H,6-7H2,1-5H3,(H,24,26). The molecule has 1 aromatic heterocycles. The van der Waals surface area contributed by atoms with Gasteiger partial charge in [0.25, 0.3) is 5.91 Å². The zero-order valence-electron chi connectivity index (χ0n) is 16.4. The van der Waals surface area contributed by atoms with Crippen molar-refractivity contribution in [1.82, 2.24) is 4.57 Å². The zero-order chi connectivity index (χ0) is 18.8. The lowest BCUT2D eigenvalue weighted by Crippen LogP contribution is -2.17. The molecule has 3 rings (SSSR count). The predicted octanol–water partition coefficient (Wildman–Crippen LogP) is 5.91. The maximum Gasteiger partial charge on any atom is 0.272 e. The highest BCUT2D eigenvalue weighted by Gasteiger charge is 2.20. The molecule has 0 aliphatic carbocycles. The number of aryl methyl sites for hydroxylation is 3. The van der Waals surface area contributed by atoms with E-state index in [9.17, 15) is 4.79 Å². The maximum absolute atomic E-state index is 13.0. The van der Waals surface area contributed by atoms with Crippen LogP contribution >= 0.6 is 0 Å². The number of nitrogens with zero attached hydrogens (tertiary/aromatic N) is 1. The molecule has 26 heavy (non-hydrogen) atoms. The van der Waals surface area contributed by atoms with Gasteiger partial charge >= 0.3 is 0 Å². The fraction of sp³-hybridized carbons (Fsp3) is 0.348. The van der Waals surface area contributed by atoms with Gasteiger partial charge in [-0.2, -0.15) is 0 Å². The van der Waals surface area contributed by atoms with Crippen molar-refractivity contribution in [2.24, 2.45) is 0 Å². The Morgan fingerprint density at radius 2 is 1.77 bits per heavy atom. The summed E-state index contributed by atoms with van der Waals surface area (Å²) in [6.45, 7) is 11.4. The molecular weight excluding hydrogens is 320 g/mol. The van der Waals surface area contributed by atoms with Crippen LogP contribution in [0.2, 0.25) is 0 Å². The minimum absolute atomic E-state index is 0.0455. The monoisotopic (exact) mass is 348 g/mol. The molecule has 3 nitrogen and oxygen atoms in total. The number of hydrogen-bond acceptors (Lipinski definition) is 1. The first kappa shape index (κ1) is 18.2. The Balaban J connectivity index is 1.98. The SMILES string of the molecule is CCc1ccc2c(c1)c(C)c(C(=O)Nc1ccc(C(C)C)cc1)n2CC. The molecule has 1 amide bonds. The Kier molecular flexibility index (Phi) is 5.17. The summed E-state index contributed by atoms with van der Waals surface area (Å²) in [5, 5.41) is 4.24. The van der Waals surface area contributed by atoms with Crippen LogP contribution < -0.4 is 5.32 Å². The molecule has 0 fully saturated rings. The highest BCUT2D eigenvalue weighted by molar-refractivity contribution is 6.08. The average molecular weight is 348 g/mol. The van der Waals surface area contributed by atoms with Crippen molar-refractivity contribution in [2.75, 3.05) is 5.32 Å². The molecular formula is C23H28N2O. The fourth-order valence-electron chi connectivity index (χ4n) is 3.55. The van der Waals surface area contributed by atoms with Gasteiger partial charge in [0.05, 0.1) is 0 Å². The maximum atomic E-state index is 13.0. The van der Waals surface area contributed by atoms with Gasteiger partial charge in [-0.3, -0.25) is 4.79 Å². The normalized spacial score (nSPS) is 11.3. The number of rotatable bonds is 5. The molecule has 0 saturated carbocycles. The summed E-state index contributed by atoms with van der Waals surface area (Å²) in [5.41, 5.74) is 6.33. The highest BCUT2D eigenvalue weighted by Crippen LogP contribution is 2.28. The van der Waals surface area contributed by atoms with E-state index in [0.29, 0.717) is 5.92 Å². The number of amides is 1. The molecule has 0 aliphatic rings. The van der Waals surface area contributed by atoms with E-state index in [2.05, 4.69) is 67.9 Å². The molecule has 1 N–H and O–H groups in total. The van der Waals surface area contributed by atoms with E-state index in [4.69, 9.17) is 0 Å². The number of carbonyl (C=O) groups excluding carboxylic acids is 1. The van der Waals surface area contributed by atoms with Crippen molar-refractivity contribution >= 4 is 22.5 Å². The van der Waals surface area contributed by atoms with Gasteiger partial charge in [0.2, 0.25) is 0 Å². The largest absolute Gasteiger partial charge is 0.337 e. The van der Waals surface area contributed by atoms with Crippen LogP contribution in [0.4, 0.5) is 5.69 Å². The van der Waals surface area contributed by atoms with Crippen LogP contribution in [0.15, 0.2) is 42.5 Å². The third-order valence-corrected chi connectivity index (χ3v) is 5.16. The van der Waals surface area contributed by atoms with E-state index in [1.165, 1.54) is 16.5 Å². The van der Waals surface area contributed by atoms with Gasteiger partial charge in [0, 0.05) is 23.1 Å². The Labute approximate surface area is 156 Å². The van der Waals surface area contributed by atoms with Crippen LogP contribution in [0.1, 0.15) is 60.8 Å². The molecule has 0 saturated heterocycles. The Hall–Kier alpha value is -2.55. The minimum Gasteiger partial charge on any atom is -0.337 e. The summed E-state index contributed by atoms with van der Waals surface area (Å²) in [6.07, 6.45) is 0.996. The molecule has 2 aromatic carbocycles. The van der Waals surface area contributed by atoms with E-state index in [-0.39, 0.29) is 5.91 Å². The van der Waals surface area contributed by atoms with Crippen molar-refractivity contribution < 1.29 is 4.79 Å². The Morgan fingerprint density at radius 3 is 2.35 bits per heavy atom. The molecule has 136 valence electrons. The van der Waals surface area contributed by atoms with Gasteiger partial charge in [-0.15, -0.1) is 0 Å². The lowest BCUT2D eigenvalue weighted by molar-refractivity contribution is 0.101. The number of benzene rings is 2. The van der Waals surface area contributed by atoms with Crippen LogP contribution in [0.3, 0.4) is 0 Å². The molecule has 0 bridgehead atoms. The van der Waals surface area contributed by atoms with Gasteiger partial charge in [-0.1, -0.05) is 39.0 Å². The van der Waals surface area contributed by atoms with E-state index >= 15 is 0 Å². The van der Waals surface area contributed by atoms with Crippen molar-refractivity contribution in [3.63, 3.8) is 0 Å². The third kappa shape index (κ3) is 3.26. The second kappa shape index (κ2) is 7.36. The minimum atomic E-state index is -0.0455. The van der Waals surface area contributed by atoms with Gasteiger partial charge < -0.3 is 9.88 Å². The molecule has 3 heteroatoms. The Morgan fingerprint density at radius 1 is 1.08 bits per heavy atom. The second-order valence-corrected chi connectivity index (χ2v) is 7.15. The number of anilines is 1.